The van der Waals surface area contributed by atoms with Crippen LogP contribution in [0.15, 0.2) is 0 Å². The van der Waals surface area contributed by atoms with Gasteiger partial charge in [0.1, 0.15) is 0 Å². The van der Waals surface area contributed by atoms with Crippen molar-refractivity contribution in [2.75, 3.05) is 32.8 Å². The predicted molar refractivity (Wildman–Crippen MR) is 75.7 cm³/mol. The van der Waals surface area contributed by atoms with E-state index in [0.717, 1.165) is 19.0 Å². The minimum absolute atomic E-state index is 0.0200. The summed E-state index contributed by atoms with van der Waals surface area (Å²) >= 11 is 0. The lowest BCUT2D eigenvalue weighted by atomic mass is 9.89. The van der Waals surface area contributed by atoms with E-state index >= 15 is 0 Å². The molecule has 2 rings (SSSR count). The van der Waals surface area contributed by atoms with Crippen molar-refractivity contribution in [3.05, 3.63) is 0 Å². The van der Waals surface area contributed by atoms with E-state index < -0.39 is 0 Å². The monoisotopic (exact) mass is 254 g/mol. The highest BCUT2D eigenvalue weighted by Crippen LogP contribution is 2.40. The maximum absolute atomic E-state index is 9.86. The zero-order valence-electron chi connectivity index (χ0n) is 12.1. The number of nitrogens with one attached hydrogen (secondary N) is 1. The third-order valence-corrected chi connectivity index (χ3v) is 4.96. The second kappa shape index (κ2) is 6.36. The molecule has 3 heteroatoms. The number of aliphatic hydroxyl groups excluding tert-OH is 1. The first-order chi connectivity index (χ1) is 8.74. The Hall–Kier alpha value is -0.120. The Labute approximate surface area is 112 Å². The van der Waals surface area contributed by atoms with Gasteiger partial charge in [-0.25, -0.2) is 0 Å². The molecule has 2 fully saturated rings. The van der Waals surface area contributed by atoms with Crippen molar-refractivity contribution in [3.63, 3.8) is 0 Å². The molecule has 1 unspecified atom stereocenters. The van der Waals surface area contributed by atoms with Crippen LogP contribution in [0.25, 0.3) is 0 Å². The highest BCUT2D eigenvalue weighted by atomic mass is 16.3. The highest BCUT2D eigenvalue weighted by molar-refractivity contribution is 5.03. The van der Waals surface area contributed by atoms with Crippen molar-refractivity contribution in [1.29, 1.82) is 0 Å². The SMILES string of the molecule is CCNC(CO)(CN1CCC(CC)CC1)C1CC1. The third kappa shape index (κ3) is 3.25. The fraction of sp³-hybridized carbons (Fsp3) is 1.00. The van der Waals surface area contributed by atoms with Crippen LogP contribution in [-0.2, 0) is 0 Å². The van der Waals surface area contributed by atoms with E-state index in [4.69, 9.17) is 0 Å². The smallest absolute Gasteiger partial charge is 0.0628 e. The van der Waals surface area contributed by atoms with Gasteiger partial charge in [-0.1, -0.05) is 20.3 Å². The Morgan fingerprint density at radius 3 is 2.28 bits per heavy atom. The molecule has 0 amide bonds. The predicted octanol–water partition coefficient (Wildman–Crippen LogP) is 1.86. The zero-order valence-corrected chi connectivity index (χ0v) is 12.1. The van der Waals surface area contributed by atoms with Gasteiger partial charge in [-0.3, -0.25) is 0 Å². The Kier molecular flexibility index (Phi) is 5.05. The lowest BCUT2D eigenvalue weighted by Gasteiger charge is -2.41. The molecule has 2 aliphatic rings. The summed E-state index contributed by atoms with van der Waals surface area (Å²) in [6.45, 7) is 9.19. The van der Waals surface area contributed by atoms with Crippen LogP contribution in [0, 0.1) is 11.8 Å². The lowest BCUT2D eigenvalue weighted by Crippen LogP contribution is -2.58. The van der Waals surface area contributed by atoms with Crippen LogP contribution in [0.1, 0.15) is 46.0 Å². The van der Waals surface area contributed by atoms with Gasteiger partial charge in [0.15, 0.2) is 0 Å². The van der Waals surface area contributed by atoms with Crippen LogP contribution in [0.2, 0.25) is 0 Å². The Bertz CT molecular complexity index is 247. The molecule has 106 valence electrons. The van der Waals surface area contributed by atoms with Gasteiger partial charge in [-0.05, 0) is 57.2 Å². The summed E-state index contributed by atoms with van der Waals surface area (Å²) in [5.74, 6) is 1.64. The second-order valence-corrected chi connectivity index (χ2v) is 6.25. The van der Waals surface area contributed by atoms with Gasteiger partial charge in [0, 0.05) is 6.54 Å². The van der Waals surface area contributed by atoms with E-state index in [-0.39, 0.29) is 5.54 Å². The molecule has 0 spiro atoms. The first-order valence-corrected chi connectivity index (χ1v) is 7.82. The van der Waals surface area contributed by atoms with Crippen LogP contribution in [0.5, 0.6) is 0 Å². The van der Waals surface area contributed by atoms with Gasteiger partial charge in [-0.2, -0.15) is 0 Å². The molecule has 1 atom stereocenters. The van der Waals surface area contributed by atoms with E-state index in [1.165, 1.54) is 45.2 Å². The fourth-order valence-electron chi connectivity index (χ4n) is 3.50. The van der Waals surface area contributed by atoms with E-state index in [9.17, 15) is 5.11 Å². The van der Waals surface area contributed by atoms with Gasteiger partial charge >= 0.3 is 0 Å². The second-order valence-electron chi connectivity index (χ2n) is 6.25. The van der Waals surface area contributed by atoms with E-state index in [0.29, 0.717) is 12.5 Å². The van der Waals surface area contributed by atoms with E-state index in [2.05, 4.69) is 24.1 Å². The summed E-state index contributed by atoms with van der Waals surface area (Å²) in [6, 6.07) is 0. The Balaban J connectivity index is 1.89. The number of piperidine rings is 1. The molecule has 1 saturated carbocycles. The lowest BCUT2D eigenvalue weighted by molar-refractivity contribution is 0.0733. The van der Waals surface area contributed by atoms with Gasteiger partial charge < -0.3 is 15.3 Å². The molecule has 18 heavy (non-hydrogen) atoms. The van der Waals surface area contributed by atoms with Crippen LogP contribution >= 0.6 is 0 Å². The minimum atomic E-state index is -0.0200. The molecule has 1 aliphatic heterocycles. The topological polar surface area (TPSA) is 35.5 Å². The molecule has 0 bridgehead atoms. The molecule has 0 radical (unpaired) electrons. The molecular formula is C15H30N2O. The molecule has 1 aliphatic carbocycles. The van der Waals surface area contributed by atoms with Gasteiger partial charge in [0.2, 0.25) is 0 Å². The normalized spacial score (nSPS) is 26.2. The third-order valence-electron chi connectivity index (χ3n) is 4.96. The van der Waals surface area contributed by atoms with Crippen molar-refractivity contribution in [3.8, 4) is 0 Å². The molecule has 3 nitrogen and oxygen atoms in total. The summed E-state index contributed by atoms with van der Waals surface area (Å²) in [5, 5.41) is 13.4. The van der Waals surface area contributed by atoms with E-state index in [1.807, 2.05) is 0 Å². The summed E-state index contributed by atoms with van der Waals surface area (Å²) in [7, 11) is 0. The standard InChI is InChI=1S/C15H30N2O/c1-3-13-7-9-17(10-8-13)11-15(12-18,16-4-2)14-5-6-14/h13-14,16,18H,3-12H2,1-2H3. The average molecular weight is 254 g/mol. The number of hydrogen-bond acceptors (Lipinski definition) is 3. The Morgan fingerprint density at radius 1 is 1.17 bits per heavy atom. The molecule has 1 heterocycles. The highest BCUT2D eigenvalue weighted by Gasteiger charge is 2.45. The van der Waals surface area contributed by atoms with Crippen molar-refractivity contribution in [2.45, 2.75) is 51.5 Å². The first-order valence-electron chi connectivity index (χ1n) is 7.82. The Morgan fingerprint density at radius 2 is 1.83 bits per heavy atom. The molecular weight excluding hydrogens is 224 g/mol. The number of nitrogens with zero attached hydrogens (tertiary/aromatic N) is 1. The maximum atomic E-state index is 9.86. The number of aliphatic hydroxyl groups is 1. The molecule has 2 N–H and O–H groups in total. The fourth-order valence-corrected chi connectivity index (χ4v) is 3.50. The number of hydrogen-bond donors (Lipinski definition) is 2. The average Bonchev–Trinajstić information content (AvgIpc) is 3.24. The number of likely N-dealkylation sites (tertiary alicyclic amines) is 1. The summed E-state index contributed by atoms with van der Waals surface area (Å²) in [5.41, 5.74) is -0.0200. The van der Waals surface area contributed by atoms with Crippen molar-refractivity contribution in [2.24, 2.45) is 11.8 Å². The summed E-state index contributed by atoms with van der Waals surface area (Å²) in [6.07, 6.45) is 6.59. The quantitative estimate of drug-likeness (QED) is 0.728. The van der Waals surface area contributed by atoms with Gasteiger partial charge in [-0.15, -0.1) is 0 Å². The van der Waals surface area contributed by atoms with Crippen molar-refractivity contribution in [1.82, 2.24) is 10.2 Å². The van der Waals surface area contributed by atoms with Gasteiger partial charge in [0.25, 0.3) is 0 Å². The van der Waals surface area contributed by atoms with Gasteiger partial charge in [0.05, 0.1) is 12.1 Å². The number of rotatable bonds is 7. The first kappa shape index (κ1) is 14.3. The summed E-state index contributed by atoms with van der Waals surface area (Å²) in [4.78, 5) is 2.57. The van der Waals surface area contributed by atoms with Crippen LogP contribution in [-0.4, -0.2) is 48.3 Å². The molecule has 1 saturated heterocycles. The largest absolute Gasteiger partial charge is 0.394 e. The molecule has 0 aromatic carbocycles. The van der Waals surface area contributed by atoms with Crippen molar-refractivity contribution < 1.29 is 5.11 Å². The van der Waals surface area contributed by atoms with Crippen LogP contribution in [0.3, 0.4) is 0 Å². The minimum Gasteiger partial charge on any atom is -0.394 e. The maximum Gasteiger partial charge on any atom is 0.0628 e. The zero-order chi connectivity index (χ0) is 13.0. The van der Waals surface area contributed by atoms with Crippen LogP contribution < -0.4 is 5.32 Å². The van der Waals surface area contributed by atoms with Crippen LogP contribution in [0.4, 0.5) is 0 Å². The van der Waals surface area contributed by atoms with Crippen molar-refractivity contribution >= 4 is 0 Å². The molecule has 0 aromatic heterocycles. The van der Waals surface area contributed by atoms with E-state index in [1.54, 1.807) is 0 Å². The number of likely N-dealkylation sites (N-methyl/N-ethyl adjacent to an activating group) is 1. The summed E-state index contributed by atoms with van der Waals surface area (Å²) < 4.78 is 0. The molecule has 0 aromatic rings.